The van der Waals surface area contributed by atoms with Gasteiger partial charge in [0.1, 0.15) is 17.5 Å². The fourth-order valence-corrected chi connectivity index (χ4v) is 3.31. The molecule has 0 bridgehead atoms. The third-order valence-corrected chi connectivity index (χ3v) is 5.00. The number of rotatable bonds is 8. The van der Waals surface area contributed by atoms with Gasteiger partial charge in [0.15, 0.2) is 0 Å². The molecule has 6 nitrogen and oxygen atoms in total. The molecular weight excluding hydrogens is 431 g/mol. The van der Waals surface area contributed by atoms with E-state index in [0.29, 0.717) is 22.9 Å². The second-order valence-electron chi connectivity index (χ2n) is 7.45. The Hall–Kier alpha value is -3.62. The van der Waals surface area contributed by atoms with Crippen molar-refractivity contribution in [1.82, 2.24) is 9.97 Å². The van der Waals surface area contributed by atoms with Gasteiger partial charge in [-0.1, -0.05) is 12.1 Å². The van der Waals surface area contributed by atoms with Gasteiger partial charge in [-0.05, 0) is 62.7 Å². The molecule has 0 atom stereocenters. The van der Waals surface area contributed by atoms with E-state index in [-0.39, 0.29) is 12.3 Å². The quantitative estimate of drug-likeness (QED) is 0.463. The highest BCUT2D eigenvalue weighted by Gasteiger charge is 2.29. The summed E-state index contributed by atoms with van der Waals surface area (Å²) < 4.78 is 38.0. The first-order chi connectivity index (χ1) is 15.7. The molecule has 2 N–H and O–H groups in total. The third-order valence-electron chi connectivity index (χ3n) is 5.00. The van der Waals surface area contributed by atoms with Crippen molar-refractivity contribution in [2.45, 2.75) is 33.4 Å². The maximum Gasteiger partial charge on any atom is 0.416 e. The van der Waals surface area contributed by atoms with Crippen LogP contribution in [0.5, 0.6) is 0 Å². The van der Waals surface area contributed by atoms with Crippen LogP contribution in [-0.4, -0.2) is 29.0 Å². The number of nitrogens with zero attached hydrogens (tertiary/aromatic N) is 3. The molecule has 1 heterocycles. The number of alkyl halides is 3. The van der Waals surface area contributed by atoms with Crippen molar-refractivity contribution in [3.63, 3.8) is 0 Å². The molecule has 0 aliphatic rings. The number of aryl methyl sites for hydroxylation is 1. The van der Waals surface area contributed by atoms with Crippen LogP contribution in [0.2, 0.25) is 0 Å². The fourth-order valence-electron chi connectivity index (χ4n) is 3.31. The van der Waals surface area contributed by atoms with Crippen molar-refractivity contribution in [2.24, 2.45) is 0 Å². The van der Waals surface area contributed by atoms with Crippen LogP contribution in [0.15, 0.2) is 54.6 Å². The number of carbonyl (C=O) groups excluding carboxylic acids is 1. The lowest BCUT2D eigenvalue weighted by Gasteiger charge is -2.20. The Balaban J connectivity index is 1.61. The molecule has 0 saturated carbocycles. The van der Waals surface area contributed by atoms with Crippen LogP contribution in [-0.2, 0) is 17.4 Å². The van der Waals surface area contributed by atoms with Gasteiger partial charge in [0.05, 0.1) is 12.0 Å². The molecule has 2 aromatic carbocycles. The number of hydrogen-bond donors (Lipinski definition) is 2. The molecule has 33 heavy (non-hydrogen) atoms. The fraction of sp³-hybridized carbons (Fsp3) is 0.292. The first kappa shape index (κ1) is 24.0. The standard InChI is InChI=1S/C24H26F3N5O/c1-4-32(5-2)22-15-21(28-16(3)29-22)30-19-10-12-20(13-11-19)31-23(33)14-17-6-8-18(9-7-17)24(25,26)27/h6-13,15H,4-5,14H2,1-3H3,(H,31,33)(H,28,29,30). The molecule has 0 fully saturated rings. The zero-order chi connectivity index (χ0) is 24.0. The Labute approximate surface area is 190 Å². The minimum Gasteiger partial charge on any atom is -0.357 e. The van der Waals surface area contributed by atoms with Crippen LogP contribution in [0, 0.1) is 6.92 Å². The molecule has 0 aliphatic heterocycles. The summed E-state index contributed by atoms with van der Waals surface area (Å²) in [6, 6.07) is 13.6. The minimum atomic E-state index is -4.39. The summed E-state index contributed by atoms with van der Waals surface area (Å²) in [5.74, 6) is 1.87. The van der Waals surface area contributed by atoms with Gasteiger partial charge in [0.2, 0.25) is 5.91 Å². The van der Waals surface area contributed by atoms with E-state index in [2.05, 4.69) is 39.3 Å². The summed E-state index contributed by atoms with van der Waals surface area (Å²) in [5.41, 5.74) is 1.14. The largest absolute Gasteiger partial charge is 0.416 e. The van der Waals surface area contributed by atoms with Gasteiger partial charge in [0, 0.05) is 30.5 Å². The zero-order valence-corrected chi connectivity index (χ0v) is 18.7. The summed E-state index contributed by atoms with van der Waals surface area (Å²) in [6.45, 7) is 7.66. The SMILES string of the molecule is CCN(CC)c1cc(Nc2ccc(NC(=O)Cc3ccc(C(F)(F)F)cc3)cc2)nc(C)n1. The Morgan fingerprint density at radius 2 is 1.55 bits per heavy atom. The van der Waals surface area contributed by atoms with Gasteiger partial charge in [-0.15, -0.1) is 0 Å². The maximum atomic E-state index is 12.7. The van der Waals surface area contributed by atoms with Crippen molar-refractivity contribution >= 4 is 28.9 Å². The van der Waals surface area contributed by atoms with E-state index < -0.39 is 11.7 Å². The summed E-state index contributed by atoms with van der Waals surface area (Å²) in [4.78, 5) is 23.3. The predicted octanol–water partition coefficient (Wildman–Crippen LogP) is 5.57. The van der Waals surface area contributed by atoms with Gasteiger partial charge in [-0.2, -0.15) is 13.2 Å². The first-order valence-electron chi connectivity index (χ1n) is 10.6. The van der Waals surface area contributed by atoms with Crippen molar-refractivity contribution < 1.29 is 18.0 Å². The lowest BCUT2D eigenvalue weighted by atomic mass is 10.1. The normalized spacial score (nSPS) is 11.2. The molecule has 3 rings (SSSR count). The maximum absolute atomic E-state index is 12.7. The van der Waals surface area contributed by atoms with Gasteiger partial charge in [0.25, 0.3) is 0 Å². The topological polar surface area (TPSA) is 70.2 Å². The highest BCUT2D eigenvalue weighted by Crippen LogP contribution is 2.29. The molecular formula is C24H26F3N5O. The summed E-state index contributed by atoms with van der Waals surface area (Å²) >= 11 is 0. The third kappa shape index (κ3) is 6.68. The molecule has 0 radical (unpaired) electrons. The van der Waals surface area contributed by atoms with Crippen molar-refractivity contribution in [1.29, 1.82) is 0 Å². The Morgan fingerprint density at radius 1 is 0.939 bits per heavy atom. The second kappa shape index (κ2) is 10.3. The van der Waals surface area contributed by atoms with Crippen LogP contribution >= 0.6 is 0 Å². The Morgan fingerprint density at radius 3 is 2.12 bits per heavy atom. The van der Waals surface area contributed by atoms with Gasteiger partial charge >= 0.3 is 6.18 Å². The van der Waals surface area contributed by atoms with Crippen LogP contribution in [0.1, 0.15) is 30.8 Å². The molecule has 0 spiro atoms. The average Bonchev–Trinajstić information content (AvgIpc) is 2.75. The van der Waals surface area contributed by atoms with Crippen LogP contribution in [0.4, 0.5) is 36.2 Å². The van der Waals surface area contributed by atoms with E-state index >= 15 is 0 Å². The van der Waals surface area contributed by atoms with E-state index in [1.807, 2.05) is 25.1 Å². The van der Waals surface area contributed by atoms with Crippen LogP contribution < -0.4 is 15.5 Å². The molecule has 174 valence electrons. The lowest BCUT2D eigenvalue weighted by Crippen LogP contribution is -2.23. The van der Waals surface area contributed by atoms with E-state index in [1.165, 1.54) is 12.1 Å². The minimum absolute atomic E-state index is 0.0213. The highest BCUT2D eigenvalue weighted by molar-refractivity contribution is 5.92. The molecule has 3 aromatic rings. The molecule has 0 saturated heterocycles. The number of benzene rings is 2. The monoisotopic (exact) mass is 457 g/mol. The second-order valence-corrected chi connectivity index (χ2v) is 7.45. The number of amides is 1. The number of carbonyl (C=O) groups is 1. The van der Waals surface area contributed by atoms with Gasteiger partial charge < -0.3 is 15.5 Å². The molecule has 0 unspecified atom stereocenters. The number of nitrogens with one attached hydrogen (secondary N) is 2. The number of halogens is 3. The molecule has 1 aromatic heterocycles. The van der Waals surface area contributed by atoms with E-state index in [0.717, 1.165) is 36.7 Å². The lowest BCUT2D eigenvalue weighted by molar-refractivity contribution is -0.137. The molecule has 1 amide bonds. The molecule has 0 aliphatic carbocycles. The summed E-state index contributed by atoms with van der Waals surface area (Å²) in [6.07, 6.45) is -4.42. The summed E-state index contributed by atoms with van der Waals surface area (Å²) in [5, 5.41) is 6.00. The summed E-state index contributed by atoms with van der Waals surface area (Å²) in [7, 11) is 0. The predicted molar refractivity (Wildman–Crippen MR) is 124 cm³/mol. The highest BCUT2D eigenvalue weighted by atomic mass is 19.4. The van der Waals surface area contributed by atoms with E-state index in [1.54, 1.807) is 12.1 Å². The van der Waals surface area contributed by atoms with Gasteiger partial charge in [-0.3, -0.25) is 4.79 Å². The number of anilines is 4. The van der Waals surface area contributed by atoms with Crippen LogP contribution in [0.25, 0.3) is 0 Å². The van der Waals surface area contributed by atoms with Crippen LogP contribution in [0.3, 0.4) is 0 Å². The number of aromatic nitrogens is 2. The van der Waals surface area contributed by atoms with Crippen molar-refractivity contribution in [3.8, 4) is 0 Å². The van der Waals surface area contributed by atoms with Crippen molar-refractivity contribution in [3.05, 3.63) is 71.5 Å². The van der Waals surface area contributed by atoms with E-state index in [9.17, 15) is 18.0 Å². The number of hydrogen-bond acceptors (Lipinski definition) is 5. The smallest absolute Gasteiger partial charge is 0.357 e. The molecule has 9 heteroatoms. The average molecular weight is 458 g/mol. The Bertz CT molecular complexity index is 1080. The van der Waals surface area contributed by atoms with Gasteiger partial charge in [-0.25, -0.2) is 9.97 Å². The zero-order valence-electron chi connectivity index (χ0n) is 18.7. The van der Waals surface area contributed by atoms with Crippen molar-refractivity contribution in [2.75, 3.05) is 28.6 Å². The first-order valence-corrected chi connectivity index (χ1v) is 10.6. The Kier molecular flexibility index (Phi) is 7.52. The van der Waals surface area contributed by atoms with E-state index in [4.69, 9.17) is 0 Å².